The first kappa shape index (κ1) is 23.3. The molecule has 0 saturated heterocycles. The molecule has 1 aromatic heterocycles. The lowest BCUT2D eigenvalue weighted by molar-refractivity contribution is -0.113. The van der Waals surface area contributed by atoms with Gasteiger partial charge in [-0.1, -0.05) is 43.2 Å². The SMILES string of the molecule is COc1cc(C2C(C(=O)Nc3ccccc3C)=C(C)Nc3nnnn32)ccc1OCCC(C)C. The van der Waals surface area contributed by atoms with Gasteiger partial charge in [0.1, 0.15) is 6.04 Å². The number of methoxy groups -OCH3 is 1. The Morgan fingerprint density at radius 1 is 1.18 bits per heavy atom. The van der Waals surface area contributed by atoms with Crippen LogP contribution in [0.1, 0.15) is 44.4 Å². The van der Waals surface area contributed by atoms with Gasteiger partial charge in [-0.05, 0) is 65.9 Å². The number of hydrogen-bond donors (Lipinski definition) is 2. The third kappa shape index (κ3) is 4.73. The van der Waals surface area contributed by atoms with Crippen LogP contribution in [0.15, 0.2) is 53.7 Å². The number of ether oxygens (including phenoxy) is 2. The first-order valence-electron chi connectivity index (χ1n) is 11.3. The highest BCUT2D eigenvalue weighted by Gasteiger charge is 2.34. The summed E-state index contributed by atoms with van der Waals surface area (Å²) in [7, 11) is 1.60. The number of aryl methyl sites for hydroxylation is 1. The van der Waals surface area contributed by atoms with Gasteiger partial charge in [0.2, 0.25) is 5.95 Å². The molecule has 9 nitrogen and oxygen atoms in total. The van der Waals surface area contributed by atoms with Gasteiger partial charge in [-0.25, -0.2) is 0 Å². The van der Waals surface area contributed by atoms with Crippen molar-refractivity contribution in [1.82, 2.24) is 20.2 Å². The maximum atomic E-state index is 13.5. The van der Waals surface area contributed by atoms with Crippen molar-refractivity contribution in [2.45, 2.75) is 40.2 Å². The number of carbonyl (C=O) groups is 1. The van der Waals surface area contributed by atoms with Crippen LogP contribution in [0, 0.1) is 12.8 Å². The number of hydrogen-bond acceptors (Lipinski definition) is 7. The average molecular weight is 463 g/mol. The summed E-state index contributed by atoms with van der Waals surface area (Å²) in [6.45, 7) is 8.71. The number of anilines is 2. The maximum absolute atomic E-state index is 13.5. The molecule has 9 heteroatoms. The fraction of sp³-hybridized carbons (Fsp3) is 0.360. The second-order valence-corrected chi connectivity index (χ2v) is 8.72. The first-order chi connectivity index (χ1) is 16.4. The molecule has 3 aromatic rings. The van der Waals surface area contributed by atoms with Gasteiger partial charge < -0.3 is 20.1 Å². The summed E-state index contributed by atoms with van der Waals surface area (Å²) < 4.78 is 13.2. The predicted octanol–water partition coefficient (Wildman–Crippen LogP) is 4.34. The number of para-hydroxylation sites is 1. The van der Waals surface area contributed by atoms with Crippen LogP contribution in [0.2, 0.25) is 0 Å². The monoisotopic (exact) mass is 462 g/mol. The molecule has 1 unspecified atom stereocenters. The molecular formula is C25H30N6O3. The summed E-state index contributed by atoms with van der Waals surface area (Å²) in [4.78, 5) is 13.5. The number of benzene rings is 2. The summed E-state index contributed by atoms with van der Waals surface area (Å²) in [5, 5.41) is 18.2. The first-order valence-corrected chi connectivity index (χ1v) is 11.3. The Labute approximate surface area is 199 Å². The summed E-state index contributed by atoms with van der Waals surface area (Å²) in [5.41, 5.74) is 3.72. The third-order valence-electron chi connectivity index (χ3n) is 5.81. The molecule has 2 aromatic carbocycles. The van der Waals surface area contributed by atoms with Gasteiger partial charge >= 0.3 is 0 Å². The number of rotatable bonds is 8. The van der Waals surface area contributed by atoms with Gasteiger partial charge in [0.05, 0.1) is 19.3 Å². The Balaban J connectivity index is 1.70. The second-order valence-electron chi connectivity index (χ2n) is 8.72. The summed E-state index contributed by atoms with van der Waals surface area (Å²) in [5.74, 6) is 2.02. The molecule has 0 fully saturated rings. The number of allylic oxidation sites excluding steroid dienone is 1. The van der Waals surface area contributed by atoms with E-state index in [4.69, 9.17) is 9.47 Å². The van der Waals surface area contributed by atoms with Crippen LogP contribution in [0.4, 0.5) is 11.6 Å². The van der Waals surface area contributed by atoms with E-state index in [-0.39, 0.29) is 5.91 Å². The number of amides is 1. The predicted molar refractivity (Wildman–Crippen MR) is 130 cm³/mol. The van der Waals surface area contributed by atoms with Crippen molar-refractivity contribution in [2.75, 3.05) is 24.4 Å². The zero-order chi connectivity index (χ0) is 24.2. The van der Waals surface area contributed by atoms with E-state index < -0.39 is 6.04 Å². The molecule has 4 rings (SSSR count). The zero-order valence-electron chi connectivity index (χ0n) is 20.1. The molecular weight excluding hydrogens is 432 g/mol. The molecule has 0 spiro atoms. The van der Waals surface area contributed by atoms with Crippen LogP contribution in [-0.2, 0) is 4.79 Å². The Hall–Kier alpha value is -3.88. The van der Waals surface area contributed by atoms with Crippen LogP contribution in [0.5, 0.6) is 11.5 Å². The van der Waals surface area contributed by atoms with E-state index in [0.717, 1.165) is 23.2 Å². The van der Waals surface area contributed by atoms with E-state index in [9.17, 15) is 4.79 Å². The molecule has 0 saturated carbocycles. The van der Waals surface area contributed by atoms with Crippen LogP contribution >= 0.6 is 0 Å². The Morgan fingerprint density at radius 2 is 1.97 bits per heavy atom. The normalized spacial score (nSPS) is 15.1. The van der Waals surface area contributed by atoms with Crippen LogP contribution in [0.3, 0.4) is 0 Å². The highest BCUT2D eigenvalue weighted by atomic mass is 16.5. The number of carbonyl (C=O) groups excluding carboxylic acids is 1. The van der Waals surface area contributed by atoms with Crippen molar-refractivity contribution in [1.29, 1.82) is 0 Å². The number of tetrazole rings is 1. The van der Waals surface area contributed by atoms with E-state index in [1.165, 1.54) is 0 Å². The van der Waals surface area contributed by atoms with Crippen molar-refractivity contribution in [3.05, 3.63) is 64.9 Å². The molecule has 2 N–H and O–H groups in total. The molecule has 2 heterocycles. The minimum Gasteiger partial charge on any atom is -0.493 e. The van der Waals surface area contributed by atoms with E-state index >= 15 is 0 Å². The second kappa shape index (κ2) is 9.94. The van der Waals surface area contributed by atoms with Gasteiger partial charge in [-0.3, -0.25) is 4.79 Å². The van der Waals surface area contributed by atoms with Crippen molar-refractivity contribution < 1.29 is 14.3 Å². The average Bonchev–Trinajstić information content (AvgIpc) is 3.27. The Kier molecular flexibility index (Phi) is 6.81. The van der Waals surface area contributed by atoms with E-state index in [1.54, 1.807) is 11.8 Å². The van der Waals surface area contributed by atoms with Crippen LogP contribution in [0.25, 0.3) is 0 Å². The molecule has 1 amide bonds. The Bertz CT molecular complexity index is 1220. The number of fused-ring (bicyclic) bond motifs is 1. The fourth-order valence-corrected chi connectivity index (χ4v) is 3.90. The van der Waals surface area contributed by atoms with E-state index in [0.29, 0.717) is 41.2 Å². The molecule has 0 radical (unpaired) electrons. The van der Waals surface area contributed by atoms with Gasteiger partial charge in [0.15, 0.2) is 11.5 Å². The Morgan fingerprint density at radius 3 is 2.71 bits per heavy atom. The van der Waals surface area contributed by atoms with Crippen molar-refractivity contribution in [2.24, 2.45) is 5.92 Å². The maximum Gasteiger partial charge on any atom is 0.255 e. The zero-order valence-corrected chi connectivity index (χ0v) is 20.1. The van der Waals surface area contributed by atoms with Gasteiger partial charge in [0, 0.05) is 11.4 Å². The van der Waals surface area contributed by atoms with Gasteiger partial charge in [0.25, 0.3) is 5.91 Å². The van der Waals surface area contributed by atoms with Crippen molar-refractivity contribution in [3.63, 3.8) is 0 Å². The largest absolute Gasteiger partial charge is 0.493 e. The minimum absolute atomic E-state index is 0.235. The molecule has 1 aliphatic rings. The molecule has 0 bridgehead atoms. The van der Waals surface area contributed by atoms with Crippen LogP contribution < -0.4 is 20.1 Å². The van der Waals surface area contributed by atoms with Gasteiger partial charge in [-0.15, -0.1) is 0 Å². The summed E-state index contributed by atoms with van der Waals surface area (Å²) >= 11 is 0. The number of aromatic nitrogens is 4. The molecule has 178 valence electrons. The molecule has 1 aliphatic heterocycles. The molecule has 0 aliphatic carbocycles. The molecule has 34 heavy (non-hydrogen) atoms. The quantitative estimate of drug-likeness (QED) is 0.513. The van der Waals surface area contributed by atoms with E-state index in [2.05, 4.69) is 40.0 Å². The standard InChI is InChI=1S/C25H30N6O3/c1-15(2)12-13-34-20-11-10-18(14-21(20)33-5)23-22(17(4)26-25-28-29-30-31(23)25)24(32)27-19-9-7-6-8-16(19)3/h6-11,14-15,23H,12-13H2,1-5H3,(H,27,32)(H,26,28,30). The summed E-state index contributed by atoms with van der Waals surface area (Å²) in [6.07, 6.45) is 0.943. The van der Waals surface area contributed by atoms with E-state index in [1.807, 2.05) is 56.3 Å². The van der Waals surface area contributed by atoms with Crippen LogP contribution in [-0.4, -0.2) is 39.8 Å². The number of nitrogens with one attached hydrogen (secondary N) is 2. The minimum atomic E-state index is -0.547. The number of nitrogens with zero attached hydrogens (tertiary/aromatic N) is 4. The smallest absolute Gasteiger partial charge is 0.255 e. The molecule has 1 atom stereocenters. The topological polar surface area (TPSA) is 103 Å². The lowest BCUT2D eigenvalue weighted by Crippen LogP contribution is -2.31. The summed E-state index contributed by atoms with van der Waals surface area (Å²) in [6, 6.07) is 12.8. The van der Waals surface area contributed by atoms with Crippen molar-refractivity contribution >= 4 is 17.5 Å². The highest BCUT2D eigenvalue weighted by Crippen LogP contribution is 2.38. The highest BCUT2D eigenvalue weighted by molar-refractivity contribution is 6.06. The van der Waals surface area contributed by atoms with Crippen molar-refractivity contribution in [3.8, 4) is 11.5 Å². The lowest BCUT2D eigenvalue weighted by Gasteiger charge is -2.28. The third-order valence-corrected chi connectivity index (χ3v) is 5.81. The van der Waals surface area contributed by atoms with Gasteiger partial charge in [-0.2, -0.15) is 4.68 Å². The fourth-order valence-electron chi connectivity index (χ4n) is 3.90. The lowest BCUT2D eigenvalue weighted by atomic mass is 9.94.